The molecule has 1 aromatic carbocycles. The summed E-state index contributed by atoms with van der Waals surface area (Å²) in [5, 5.41) is 4.11. The van der Waals surface area contributed by atoms with E-state index in [0.29, 0.717) is 15.6 Å². The van der Waals surface area contributed by atoms with Gasteiger partial charge in [0.2, 0.25) is 0 Å². The summed E-state index contributed by atoms with van der Waals surface area (Å²) in [4.78, 5) is 4.22. The Morgan fingerprint density at radius 2 is 2.00 bits per heavy atom. The fourth-order valence-electron chi connectivity index (χ4n) is 1.76. The van der Waals surface area contributed by atoms with E-state index in [4.69, 9.17) is 23.2 Å². The summed E-state index contributed by atoms with van der Waals surface area (Å²) in [6, 6.07) is 7.51. The van der Waals surface area contributed by atoms with Crippen molar-refractivity contribution in [3.63, 3.8) is 0 Å². The van der Waals surface area contributed by atoms with E-state index >= 15 is 0 Å². The quantitative estimate of drug-likeness (QED) is 0.926. The van der Waals surface area contributed by atoms with E-state index in [0.717, 1.165) is 5.69 Å². The maximum absolute atomic E-state index is 13.3. The van der Waals surface area contributed by atoms with Crippen LogP contribution in [0.25, 0.3) is 0 Å². The number of pyridine rings is 1. The van der Waals surface area contributed by atoms with Gasteiger partial charge in [-0.05, 0) is 42.9 Å². The molecular weight excluding hydrogens is 274 g/mol. The molecule has 0 saturated carbocycles. The van der Waals surface area contributed by atoms with Crippen LogP contribution < -0.4 is 5.32 Å². The molecule has 0 fully saturated rings. The summed E-state index contributed by atoms with van der Waals surface area (Å²) >= 11 is 11.9. The van der Waals surface area contributed by atoms with Gasteiger partial charge >= 0.3 is 0 Å². The molecule has 0 aliphatic carbocycles. The van der Waals surface area contributed by atoms with Crippen LogP contribution in [0.15, 0.2) is 36.5 Å². The van der Waals surface area contributed by atoms with Gasteiger partial charge in [0.1, 0.15) is 5.82 Å². The molecule has 18 heavy (non-hydrogen) atoms. The Bertz CT molecular complexity index is 543. The van der Waals surface area contributed by atoms with Crippen LogP contribution in [-0.2, 0) is 0 Å². The number of hydrogen-bond donors (Lipinski definition) is 1. The SMILES string of the molecule is CNC(c1ccc(Cl)cn1)c1cc(F)ccc1Cl. The summed E-state index contributed by atoms with van der Waals surface area (Å²) in [6.07, 6.45) is 1.55. The largest absolute Gasteiger partial charge is 0.308 e. The van der Waals surface area contributed by atoms with Crippen molar-refractivity contribution >= 4 is 23.2 Å². The van der Waals surface area contributed by atoms with E-state index in [9.17, 15) is 4.39 Å². The van der Waals surface area contributed by atoms with Gasteiger partial charge in [0.05, 0.1) is 16.8 Å². The lowest BCUT2D eigenvalue weighted by Crippen LogP contribution is -2.19. The second-order valence-electron chi connectivity index (χ2n) is 3.79. The molecule has 1 heterocycles. The van der Waals surface area contributed by atoms with Gasteiger partial charge in [-0.25, -0.2) is 4.39 Å². The molecule has 94 valence electrons. The zero-order valence-electron chi connectivity index (χ0n) is 9.62. The molecule has 2 aromatic rings. The Kier molecular flexibility index (Phi) is 4.17. The average Bonchev–Trinajstić information content (AvgIpc) is 2.37. The number of aromatic nitrogens is 1. The van der Waals surface area contributed by atoms with Gasteiger partial charge in [-0.1, -0.05) is 23.2 Å². The third-order valence-corrected chi connectivity index (χ3v) is 3.17. The van der Waals surface area contributed by atoms with Crippen molar-refractivity contribution in [3.8, 4) is 0 Å². The fraction of sp³-hybridized carbons (Fsp3) is 0.154. The molecule has 2 rings (SSSR count). The lowest BCUT2D eigenvalue weighted by Gasteiger charge is -2.17. The predicted molar refractivity (Wildman–Crippen MR) is 71.6 cm³/mol. The first-order chi connectivity index (χ1) is 8.61. The highest BCUT2D eigenvalue weighted by atomic mass is 35.5. The topological polar surface area (TPSA) is 24.9 Å². The predicted octanol–water partition coefficient (Wildman–Crippen LogP) is 3.84. The highest BCUT2D eigenvalue weighted by Crippen LogP contribution is 2.28. The Balaban J connectivity index is 2.44. The van der Waals surface area contributed by atoms with Gasteiger partial charge < -0.3 is 5.32 Å². The highest BCUT2D eigenvalue weighted by molar-refractivity contribution is 6.31. The molecule has 1 aromatic heterocycles. The summed E-state index contributed by atoms with van der Waals surface area (Å²) in [7, 11) is 1.77. The van der Waals surface area contributed by atoms with Gasteiger partial charge in [-0.2, -0.15) is 0 Å². The van der Waals surface area contributed by atoms with Crippen LogP contribution in [0, 0.1) is 5.82 Å². The molecule has 0 saturated heterocycles. The average molecular weight is 285 g/mol. The first-order valence-corrected chi connectivity index (χ1v) is 6.11. The summed E-state index contributed by atoms with van der Waals surface area (Å²) in [5.74, 6) is -0.330. The van der Waals surface area contributed by atoms with Crippen LogP contribution in [0.2, 0.25) is 10.0 Å². The molecular formula is C13H11Cl2FN2. The van der Waals surface area contributed by atoms with Crippen molar-refractivity contribution in [2.75, 3.05) is 7.05 Å². The van der Waals surface area contributed by atoms with Crippen molar-refractivity contribution in [1.29, 1.82) is 0 Å². The van der Waals surface area contributed by atoms with Crippen molar-refractivity contribution in [3.05, 3.63) is 63.6 Å². The lowest BCUT2D eigenvalue weighted by molar-refractivity contribution is 0.614. The molecule has 0 radical (unpaired) electrons. The minimum absolute atomic E-state index is 0.273. The minimum atomic E-state index is -0.330. The van der Waals surface area contributed by atoms with Gasteiger partial charge in [0.25, 0.3) is 0 Å². The maximum Gasteiger partial charge on any atom is 0.123 e. The van der Waals surface area contributed by atoms with Crippen molar-refractivity contribution < 1.29 is 4.39 Å². The molecule has 1 N–H and O–H groups in total. The third-order valence-electron chi connectivity index (χ3n) is 2.60. The number of halogens is 3. The first-order valence-electron chi connectivity index (χ1n) is 5.35. The van der Waals surface area contributed by atoms with Gasteiger partial charge in [-0.15, -0.1) is 0 Å². The summed E-state index contributed by atoms with van der Waals surface area (Å²) < 4.78 is 13.3. The van der Waals surface area contributed by atoms with Crippen LogP contribution in [0.3, 0.4) is 0 Å². The normalized spacial score (nSPS) is 12.4. The number of nitrogens with zero attached hydrogens (tertiary/aromatic N) is 1. The Labute approximate surface area is 115 Å². The van der Waals surface area contributed by atoms with Crippen molar-refractivity contribution in [2.45, 2.75) is 6.04 Å². The maximum atomic E-state index is 13.3. The van der Waals surface area contributed by atoms with Gasteiger partial charge in [0, 0.05) is 11.2 Å². The van der Waals surface area contributed by atoms with Crippen LogP contribution in [-0.4, -0.2) is 12.0 Å². The van der Waals surface area contributed by atoms with Crippen molar-refractivity contribution in [1.82, 2.24) is 10.3 Å². The van der Waals surface area contributed by atoms with E-state index in [1.165, 1.54) is 18.2 Å². The lowest BCUT2D eigenvalue weighted by atomic mass is 10.0. The zero-order chi connectivity index (χ0) is 13.1. The molecule has 5 heteroatoms. The van der Waals surface area contributed by atoms with Gasteiger partial charge in [0.15, 0.2) is 0 Å². The van der Waals surface area contributed by atoms with E-state index in [1.807, 2.05) is 0 Å². The smallest absolute Gasteiger partial charge is 0.123 e. The van der Waals surface area contributed by atoms with Crippen molar-refractivity contribution in [2.24, 2.45) is 0 Å². The first kappa shape index (κ1) is 13.3. The highest BCUT2D eigenvalue weighted by Gasteiger charge is 2.17. The molecule has 0 spiro atoms. The monoisotopic (exact) mass is 284 g/mol. The van der Waals surface area contributed by atoms with E-state index in [1.54, 1.807) is 25.4 Å². The summed E-state index contributed by atoms with van der Waals surface area (Å²) in [5.41, 5.74) is 1.38. The number of benzene rings is 1. The second-order valence-corrected chi connectivity index (χ2v) is 4.63. The molecule has 1 unspecified atom stereocenters. The molecule has 0 aliphatic heterocycles. The summed E-state index contributed by atoms with van der Waals surface area (Å²) in [6.45, 7) is 0. The molecule has 0 aliphatic rings. The van der Waals surface area contributed by atoms with E-state index < -0.39 is 0 Å². The Morgan fingerprint density at radius 3 is 2.61 bits per heavy atom. The standard InChI is InChI=1S/C13H11Cl2FN2/c1-17-13(12-5-2-8(14)7-18-12)10-6-9(16)3-4-11(10)15/h2-7,13,17H,1H3. The Hall–Kier alpha value is -1.16. The number of rotatable bonds is 3. The molecule has 2 nitrogen and oxygen atoms in total. The minimum Gasteiger partial charge on any atom is -0.308 e. The fourth-order valence-corrected chi connectivity index (χ4v) is 2.10. The van der Waals surface area contributed by atoms with Gasteiger partial charge in [-0.3, -0.25) is 4.98 Å². The molecule has 0 bridgehead atoms. The van der Waals surface area contributed by atoms with Crippen LogP contribution >= 0.6 is 23.2 Å². The van der Waals surface area contributed by atoms with Crippen LogP contribution in [0.4, 0.5) is 4.39 Å². The number of hydrogen-bond acceptors (Lipinski definition) is 2. The molecule has 1 atom stereocenters. The van der Waals surface area contributed by atoms with Crippen LogP contribution in [0.5, 0.6) is 0 Å². The second kappa shape index (κ2) is 5.65. The van der Waals surface area contributed by atoms with Crippen LogP contribution in [0.1, 0.15) is 17.3 Å². The van der Waals surface area contributed by atoms with E-state index in [-0.39, 0.29) is 11.9 Å². The zero-order valence-corrected chi connectivity index (χ0v) is 11.1. The van der Waals surface area contributed by atoms with E-state index in [2.05, 4.69) is 10.3 Å². The third kappa shape index (κ3) is 2.80. The molecule has 0 amide bonds. The Morgan fingerprint density at radius 1 is 1.22 bits per heavy atom. The number of nitrogens with one attached hydrogen (secondary N) is 1.